The minimum atomic E-state index is -4.66. The number of halogens is 4. The van der Waals surface area contributed by atoms with E-state index in [1.807, 2.05) is 0 Å². The maximum Gasteiger partial charge on any atom is 0.417 e. The van der Waals surface area contributed by atoms with Gasteiger partial charge in [-0.25, -0.2) is 8.42 Å². The number of hydrogen-bond acceptors (Lipinski definition) is 2. The molecule has 0 aromatic heterocycles. The summed E-state index contributed by atoms with van der Waals surface area (Å²) >= 11 is 5.54. The fraction of sp³-hybridized carbons (Fsp3) is 0.250. The average molecular weight is 376 g/mol. The largest absolute Gasteiger partial charge is 0.417 e. The van der Waals surface area contributed by atoms with Crippen molar-refractivity contribution in [1.29, 1.82) is 0 Å². The van der Waals surface area contributed by atoms with Crippen molar-refractivity contribution in [3.63, 3.8) is 0 Å². The summed E-state index contributed by atoms with van der Waals surface area (Å²) in [5.41, 5.74) is 0.801. The predicted molar refractivity (Wildman–Crippen MR) is 85.7 cm³/mol. The van der Waals surface area contributed by atoms with Gasteiger partial charge in [0.05, 0.1) is 15.5 Å². The van der Waals surface area contributed by atoms with Crippen LogP contribution in [0.25, 0.3) is 0 Å². The molecule has 8 heteroatoms. The Morgan fingerprint density at radius 1 is 1.00 bits per heavy atom. The Balaban J connectivity index is 1.93. The van der Waals surface area contributed by atoms with Gasteiger partial charge in [-0.3, -0.25) is 4.72 Å². The molecule has 0 saturated carbocycles. The molecule has 0 unspecified atom stereocenters. The quantitative estimate of drug-likeness (QED) is 0.848. The zero-order valence-corrected chi connectivity index (χ0v) is 13.9. The fourth-order valence-corrected chi connectivity index (χ4v) is 4.06. The maximum atomic E-state index is 12.9. The third kappa shape index (κ3) is 3.37. The number of sulfonamides is 1. The molecule has 3 rings (SSSR count). The maximum absolute atomic E-state index is 12.9. The highest BCUT2D eigenvalue weighted by molar-refractivity contribution is 7.92. The molecule has 0 bridgehead atoms. The van der Waals surface area contributed by atoms with Crippen LogP contribution in [0.4, 0.5) is 18.9 Å². The van der Waals surface area contributed by atoms with Gasteiger partial charge in [0.1, 0.15) is 0 Å². The number of nitrogens with one attached hydrogen (secondary N) is 1. The zero-order valence-electron chi connectivity index (χ0n) is 12.3. The molecule has 0 fully saturated rings. The van der Waals surface area contributed by atoms with Crippen LogP contribution in [0, 0.1) is 0 Å². The monoisotopic (exact) mass is 375 g/mol. The molecule has 24 heavy (non-hydrogen) atoms. The summed E-state index contributed by atoms with van der Waals surface area (Å²) in [5.74, 6) is 0. The summed E-state index contributed by atoms with van der Waals surface area (Å²) in [6.45, 7) is 0. The topological polar surface area (TPSA) is 46.2 Å². The van der Waals surface area contributed by atoms with Gasteiger partial charge in [0, 0.05) is 5.69 Å². The van der Waals surface area contributed by atoms with Gasteiger partial charge >= 0.3 is 6.18 Å². The van der Waals surface area contributed by atoms with Crippen LogP contribution in [0.1, 0.15) is 23.1 Å². The second-order valence-corrected chi connectivity index (χ2v) is 7.67. The van der Waals surface area contributed by atoms with Gasteiger partial charge in [-0.1, -0.05) is 17.7 Å². The molecular formula is C16H13ClF3NO2S. The molecule has 1 N–H and O–H groups in total. The van der Waals surface area contributed by atoms with Crippen molar-refractivity contribution in [2.24, 2.45) is 0 Å². The van der Waals surface area contributed by atoms with E-state index >= 15 is 0 Å². The van der Waals surface area contributed by atoms with E-state index in [1.165, 1.54) is 12.1 Å². The molecule has 0 radical (unpaired) electrons. The number of alkyl halides is 3. The summed E-state index contributed by atoms with van der Waals surface area (Å²) in [4.78, 5) is 0.0339. The second kappa shape index (κ2) is 5.97. The Morgan fingerprint density at radius 3 is 2.42 bits per heavy atom. The van der Waals surface area contributed by atoms with E-state index in [0.717, 1.165) is 36.5 Å². The number of benzene rings is 2. The first-order valence-electron chi connectivity index (χ1n) is 7.18. The van der Waals surface area contributed by atoms with Crippen molar-refractivity contribution in [3.8, 4) is 0 Å². The molecule has 2 aromatic carbocycles. The Bertz CT molecular complexity index is 895. The van der Waals surface area contributed by atoms with Gasteiger partial charge in [0.25, 0.3) is 10.0 Å². The molecule has 2 aromatic rings. The van der Waals surface area contributed by atoms with Crippen molar-refractivity contribution < 1.29 is 21.6 Å². The van der Waals surface area contributed by atoms with Crippen LogP contribution < -0.4 is 4.72 Å². The van der Waals surface area contributed by atoms with Crippen LogP contribution in [-0.2, 0) is 29.0 Å². The minimum Gasteiger partial charge on any atom is -0.280 e. The van der Waals surface area contributed by atoms with E-state index in [-0.39, 0.29) is 10.6 Å². The first-order chi connectivity index (χ1) is 11.2. The summed E-state index contributed by atoms with van der Waals surface area (Å²) in [6, 6.07) is 7.69. The van der Waals surface area contributed by atoms with Gasteiger partial charge in [-0.05, 0) is 60.7 Å². The van der Waals surface area contributed by atoms with Gasteiger partial charge < -0.3 is 0 Å². The van der Waals surface area contributed by atoms with E-state index in [0.29, 0.717) is 6.07 Å². The summed E-state index contributed by atoms with van der Waals surface area (Å²) in [7, 11) is -3.97. The highest BCUT2D eigenvalue weighted by atomic mass is 35.5. The number of aryl methyl sites for hydroxylation is 2. The lowest BCUT2D eigenvalue weighted by Crippen LogP contribution is -2.14. The number of anilines is 1. The SMILES string of the molecule is O=S(=O)(Nc1ccc(Cl)c(C(F)(F)F)c1)c1ccc2c(c1)CCC2. The minimum absolute atomic E-state index is 0.0339. The van der Waals surface area contributed by atoms with Crippen molar-refractivity contribution in [3.05, 3.63) is 58.1 Å². The normalized spacial score (nSPS) is 14.5. The first-order valence-corrected chi connectivity index (χ1v) is 9.04. The molecule has 0 aliphatic heterocycles. The number of rotatable bonds is 3. The van der Waals surface area contributed by atoms with Gasteiger partial charge in [-0.2, -0.15) is 13.2 Å². The molecule has 128 valence electrons. The van der Waals surface area contributed by atoms with E-state index in [2.05, 4.69) is 4.72 Å². The van der Waals surface area contributed by atoms with Crippen LogP contribution >= 0.6 is 11.6 Å². The molecule has 0 spiro atoms. The zero-order chi connectivity index (χ0) is 17.5. The van der Waals surface area contributed by atoms with Gasteiger partial charge in [-0.15, -0.1) is 0 Å². The van der Waals surface area contributed by atoms with Crippen LogP contribution in [0.2, 0.25) is 5.02 Å². The molecule has 0 saturated heterocycles. The molecule has 0 amide bonds. The van der Waals surface area contributed by atoms with Crippen molar-refractivity contribution in [2.45, 2.75) is 30.3 Å². The molecule has 1 aliphatic rings. The lowest BCUT2D eigenvalue weighted by molar-refractivity contribution is -0.137. The van der Waals surface area contributed by atoms with E-state index in [4.69, 9.17) is 11.6 Å². The van der Waals surface area contributed by atoms with Crippen LogP contribution in [0.15, 0.2) is 41.3 Å². The van der Waals surface area contributed by atoms with Gasteiger partial charge in [0.15, 0.2) is 0 Å². The third-order valence-electron chi connectivity index (χ3n) is 3.90. The standard InChI is InChI=1S/C16H13ClF3NO2S/c17-15-7-5-12(9-14(15)16(18,19)20)21-24(22,23)13-6-4-10-2-1-3-11(10)8-13/h4-9,21H,1-3H2. The molecule has 0 heterocycles. The Kier molecular flexibility index (Phi) is 4.25. The van der Waals surface area contributed by atoms with Crippen molar-refractivity contribution in [2.75, 3.05) is 4.72 Å². The number of hydrogen-bond donors (Lipinski definition) is 1. The average Bonchev–Trinajstić information content (AvgIpc) is 2.95. The van der Waals surface area contributed by atoms with Crippen LogP contribution in [-0.4, -0.2) is 8.42 Å². The summed E-state index contributed by atoms with van der Waals surface area (Å²) in [6.07, 6.45) is -1.97. The Labute approximate surface area is 142 Å². The second-order valence-electron chi connectivity index (χ2n) is 5.58. The van der Waals surface area contributed by atoms with E-state index < -0.39 is 26.8 Å². The Hall–Kier alpha value is -1.73. The smallest absolute Gasteiger partial charge is 0.280 e. The Morgan fingerprint density at radius 2 is 1.71 bits per heavy atom. The van der Waals surface area contributed by atoms with E-state index in [1.54, 1.807) is 12.1 Å². The highest BCUT2D eigenvalue weighted by Crippen LogP contribution is 2.36. The van der Waals surface area contributed by atoms with Gasteiger partial charge in [0.2, 0.25) is 0 Å². The summed E-state index contributed by atoms with van der Waals surface area (Å²) < 4.78 is 65.6. The first kappa shape index (κ1) is 17.1. The van der Waals surface area contributed by atoms with E-state index in [9.17, 15) is 21.6 Å². The molecule has 0 atom stereocenters. The molecular weight excluding hydrogens is 363 g/mol. The fourth-order valence-electron chi connectivity index (χ4n) is 2.74. The van der Waals surface area contributed by atoms with Crippen molar-refractivity contribution >= 4 is 27.3 Å². The number of fused-ring (bicyclic) bond motifs is 1. The molecule has 1 aliphatic carbocycles. The third-order valence-corrected chi connectivity index (χ3v) is 5.61. The van der Waals surface area contributed by atoms with Crippen molar-refractivity contribution in [1.82, 2.24) is 0 Å². The molecule has 3 nitrogen and oxygen atoms in total. The highest BCUT2D eigenvalue weighted by Gasteiger charge is 2.33. The van der Waals surface area contributed by atoms with Crippen LogP contribution in [0.3, 0.4) is 0 Å². The lowest BCUT2D eigenvalue weighted by Gasteiger charge is -2.13. The van der Waals surface area contributed by atoms with Crippen LogP contribution in [0.5, 0.6) is 0 Å². The summed E-state index contributed by atoms with van der Waals surface area (Å²) in [5, 5.41) is -0.483. The lowest BCUT2D eigenvalue weighted by atomic mass is 10.1. The predicted octanol–water partition coefficient (Wildman–Crippen LogP) is 4.65.